The summed E-state index contributed by atoms with van der Waals surface area (Å²) in [5, 5.41) is 0.770. The van der Waals surface area contributed by atoms with Crippen LogP contribution in [0.5, 0.6) is 0 Å². The highest BCUT2D eigenvalue weighted by atomic mass is 16.4. The zero-order chi connectivity index (χ0) is 22.4. The lowest BCUT2D eigenvalue weighted by molar-refractivity contribution is 0.104. The van der Waals surface area contributed by atoms with E-state index in [9.17, 15) is 9.59 Å². The van der Waals surface area contributed by atoms with E-state index in [0.717, 1.165) is 29.7 Å². The molecule has 162 valence electrons. The number of carbonyl (C=O) groups is 1. The first-order chi connectivity index (χ1) is 15.0. The number of rotatable bonds is 9. The predicted molar refractivity (Wildman–Crippen MR) is 129 cm³/mol. The van der Waals surface area contributed by atoms with E-state index in [1.54, 1.807) is 12.1 Å². The standard InChI is InChI=1S/C26H30N2O3/c1-5-27(6-2)20-16-13-19(14-17-20)15-18-22(29)24-25(28(7-3)8-4)21-11-9-10-12-23(21)31-26(24)30/h9-18H,5-8H2,1-4H3/b18-15+. The third-order valence-corrected chi connectivity index (χ3v) is 5.56. The molecular formula is C26H30N2O3. The molecule has 0 aliphatic heterocycles. The highest BCUT2D eigenvalue weighted by molar-refractivity contribution is 6.14. The summed E-state index contributed by atoms with van der Waals surface area (Å²) in [6.45, 7) is 11.5. The van der Waals surface area contributed by atoms with Crippen molar-refractivity contribution < 1.29 is 9.21 Å². The predicted octanol–water partition coefficient (Wildman–Crippen LogP) is 5.38. The van der Waals surface area contributed by atoms with Crippen LogP contribution in [0, 0.1) is 0 Å². The van der Waals surface area contributed by atoms with E-state index < -0.39 is 5.63 Å². The first-order valence-electron chi connectivity index (χ1n) is 10.9. The lowest BCUT2D eigenvalue weighted by Gasteiger charge is -2.24. The molecule has 3 aromatic rings. The molecule has 0 radical (unpaired) electrons. The summed E-state index contributed by atoms with van der Waals surface area (Å²) in [6, 6.07) is 15.4. The van der Waals surface area contributed by atoms with Crippen LogP contribution in [0.2, 0.25) is 0 Å². The first-order valence-corrected chi connectivity index (χ1v) is 10.9. The van der Waals surface area contributed by atoms with Crippen molar-refractivity contribution in [2.45, 2.75) is 27.7 Å². The van der Waals surface area contributed by atoms with E-state index in [1.807, 2.05) is 61.2 Å². The number of nitrogens with zero attached hydrogens (tertiary/aromatic N) is 2. The van der Waals surface area contributed by atoms with E-state index in [4.69, 9.17) is 4.42 Å². The summed E-state index contributed by atoms with van der Waals surface area (Å²) in [5.41, 5.74) is 2.65. The highest BCUT2D eigenvalue weighted by Gasteiger charge is 2.22. The summed E-state index contributed by atoms with van der Waals surface area (Å²) >= 11 is 0. The molecular weight excluding hydrogens is 388 g/mol. The fraction of sp³-hybridized carbons (Fsp3) is 0.308. The summed E-state index contributed by atoms with van der Waals surface area (Å²) < 4.78 is 5.47. The SMILES string of the molecule is CCN(CC)c1ccc(/C=C/C(=O)c2c(N(CC)CC)c3ccccc3oc2=O)cc1. The number of ketones is 1. The Labute approximate surface area is 183 Å². The zero-order valence-corrected chi connectivity index (χ0v) is 18.7. The van der Waals surface area contributed by atoms with Crippen LogP contribution in [0.15, 0.2) is 63.8 Å². The van der Waals surface area contributed by atoms with Gasteiger partial charge in [0.15, 0.2) is 5.78 Å². The van der Waals surface area contributed by atoms with Gasteiger partial charge in [-0.05, 0) is 63.6 Å². The van der Waals surface area contributed by atoms with E-state index in [1.165, 1.54) is 6.08 Å². The smallest absolute Gasteiger partial charge is 0.349 e. The molecule has 0 saturated heterocycles. The molecule has 3 rings (SSSR count). The van der Waals surface area contributed by atoms with Crippen molar-refractivity contribution in [3.05, 3.63) is 76.2 Å². The molecule has 0 bridgehead atoms. The maximum absolute atomic E-state index is 13.1. The number of anilines is 2. The Kier molecular flexibility index (Phi) is 7.29. The lowest BCUT2D eigenvalue weighted by atomic mass is 10.0. The van der Waals surface area contributed by atoms with E-state index in [-0.39, 0.29) is 11.3 Å². The van der Waals surface area contributed by atoms with Gasteiger partial charge < -0.3 is 14.2 Å². The van der Waals surface area contributed by atoms with Gasteiger partial charge in [0.05, 0.1) is 5.69 Å². The Balaban J connectivity index is 1.99. The summed E-state index contributed by atoms with van der Waals surface area (Å²) in [4.78, 5) is 30.2. The van der Waals surface area contributed by atoms with Crippen molar-refractivity contribution in [1.82, 2.24) is 0 Å². The number of carbonyl (C=O) groups excluding carboxylic acids is 1. The molecule has 0 atom stereocenters. The number of benzene rings is 2. The molecule has 1 aromatic heterocycles. The average Bonchev–Trinajstić information content (AvgIpc) is 2.79. The van der Waals surface area contributed by atoms with Crippen molar-refractivity contribution in [3.63, 3.8) is 0 Å². The van der Waals surface area contributed by atoms with Crippen LogP contribution < -0.4 is 15.4 Å². The second-order valence-electron chi connectivity index (χ2n) is 7.24. The highest BCUT2D eigenvalue weighted by Crippen LogP contribution is 2.29. The van der Waals surface area contributed by atoms with E-state index in [2.05, 4.69) is 18.7 Å². The fourth-order valence-corrected chi connectivity index (χ4v) is 3.86. The van der Waals surface area contributed by atoms with Crippen LogP contribution in [0.25, 0.3) is 17.0 Å². The van der Waals surface area contributed by atoms with Gasteiger partial charge in [-0.15, -0.1) is 0 Å². The Bertz CT molecular complexity index is 1120. The second kappa shape index (κ2) is 10.1. The van der Waals surface area contributed by atoms with Gasteiger partial charge >= 0.3 is 5.63 Å². The molecule has 0 N–H and O–H groups in total. The third-order valence-electron chi connectivity index (χ3n) is 5.56. The van der Waals surface area contributed by atoms with Gasteiger partial charge in [-0.25, -0.2) is 4.79 Å². The number of hydrogen-bond donors (Lipinski definition) is 0. The van der Waals surface area contributed by atoms with Crippen molar-refractivity contribution in [3.8, 4) is 0 Å². The Hall–Kier alpha value is -3.34. The fourth-order valence-electron chi connectivity index (χ4n) is 3.86. The van der Waals surface area contributed by atoms with Crippen molar-refractivity contribution in [1.29, 1.82) is 0 Å². The molecule has 0 fully saturated rings. The maximum atomic E-state index is 13.1. The molecule has 0 spiro atoms. The minimum atomic E-state index is -0.605. The zero-order valence-electron chi connectivity index (χ0n) is 18.7. The molecule has 1 heterocycles. The third kappa shape index (κ3) is 4.71. The quantitative estimate of drug-likeness (QED) is 0.265. The first kappa shape index (κ1) is 22.3. The molecule has 0 amide bonds. The number of hydrogen-bond acceptors (Lipinski definition) is 5. The Morgan fingerprint density at radius 1 is 0.871 bits per heavy atom. The average molecular weight is 419 g/mol. The molecule has 5 nitrogen and oxygen atoms in total. The number of para-hydroxylation sites is 1. The molecule has 0 aliphatic rings. The molecule has 2 aromatic carbocycles. The van der Waals surface area contributed by atoms with Crippen LogP contribution >= 0.6 is 0 Å². The molecule has 31 heavy (non-hydrogen) atoms. The van der Waals surface area contributed by atoms with Crippen LogP contribution in [-0.2, 0) is 0 Å². The van der Waals surface area contributed by atoms with Crippen LogP contribution in [0.3, 0.4) is 0 Å². The normalized spacial score (nSPS) is 11.2. The largest absolute Gasteiger partial charge is 0.422 e. The van der Waals surface area contributed by atoms with Crippen molar-refractivity contribution in [2.24, 2.45) is 0 Å². The van der Waals surface area contributed by atoms with Crippen molar-refractivity contribution >= 4 is 34.2 Å². The molecule has 0 unspecified atom stereocenters. The van der Waals surface area contributed by atoms with E-state index in [0.29, 0.717) is 24.4 Å². The summed E-state index contributed by atoms with van der Waals surface area (Å²) in [5.74, 6) is -0.353. The summed E-state index contributed by atoms with van der Waals surface area (Å²) in [7, 11) is 0. The molecule has 0 aliphatic carbocycles. The van der Waals surface area contributed by atoms with E-state index >= 15 is 0 Å². The Morgan fingerprint density at radius 2 is 1.48 bits per heavy atom. The lowest BCUT2D eigenvalue weighted by Crippen LogP contribution is -2.27. The minimum Gasteiger partial charge on any atom is -0.422 e. The molecule has 0 saturated carbocycles. The van der Waals surface area contributed by atoms with Gasteiger partial charge in [-0.1, -0.05) is 30.3 Å². The van der Waals surface area contributed by atoms with Gasteiger partial charge in [0.25, 0.3) is 0 Å². The van der Waals surface area contributed by atoms with Crippen LogP contribution in [0.4, 0.5) is 11.4 Å². The van der Waals surface area contributed by atoms with Crippen LogP contribution in [-0.4, -0.2) is 32.0 Å². The number of fused-ring (bicyclic) bond motifs is 1. The maximum Gasteiger partial charge on any atom is 0.349 e. The van der Waals surface area contributed by atoms with Gasteiger partial charge in [0, 0.05) is 37.3 Å². The Morgan fingerprint density at radius 3 is 2.10 bits per heavy atom. The molecule has 5 heteroatoms. The van der Waals surface area contributed by atoms with Crippen LogP contribution in [0.1, 0.15) is 43.6 Å². The van der Waals surface area contributed by atoms with Gasteiger partial charge in [-0.3, -0.25) is 4.79 Å². The topological polar surface area (TPSA) is 53.8 Å². The monoisotopic (exact) mass is 418 g/mol. The minimum absolute atomic E-state index is 0.0819. The van der Waals surface area contributed by atoms with Gasteiger partial charge in [0.2, 0.25) is 0 Å². The van der Waals surface area contributed by atoms with Gasteiger partial charge in [0.1, 0.15) is 11.1 Å². The summed E-state index contributed by atoms with van der Waals surface area (Å²) in [6.07, 6.45) is 3.20. The number of allylic oxidation sites excluding steroid dienone is 1. The second-order valence-corrected chi connectivity index (χ2v) is 7.24. The van der Waals surface area contributed by atoms with Gasteiger partial charge in [-0.2, -0.15) is 0 Å². The van der Waals surface area contributed by atoms with Crippen molar-refractivity contribution in [2.75, 3.05) is 36.0 Å².